The minimum Gasteiger partial charge on any atom is -0.478 e. The van der Waals surface area contributed by atoms with Gasteiger partial charge in [0.1, 0.15) is 6.61 Å². The lowest BCUT2D eigenvalue weighted by molar-refractivity contribution is 0.0696. The van der Waals surface area contributed by atoms with E-state index in [2.05, 4.69) is 4.98 Å². The van der Waals surface area contributed by atoms with Gasteiger partial charge in [0.25, 0.3) is 0 Å². The van der Waals surface area contributed by atoms with Gasteiger partial charge in [0.2, 0.25) is 5.88 Å². The van der Waals surface area contributed by atoms with Crippen molar-refractivity contribution in [2.45, 2.75) is 6.61 Å². The normalized spacial score (nSPS) is 10.4. The Morgan fingerprint density at radius 3 is 2.42 bits per heavy atom. The molecule has 2 aromatic carbocycles. The maximum atomic E-state index is 11.4. The molecule has 0 saturated carbocycles. The Morgan fingerprint density at radius 1 is 1.04 bits per heavy atom. The highest BCUT2D eigenvalue weighted by atomic mass is 35.5. The Kier molecular flexibility index (Phi) is 4.77. The highest BCUT2D eigenvalue weighted by Crippen LogP contribution is 2.24. The highest BCUT2D eigenvalue weighted by molar-refractivity contribution is 6.30. The maximum Gasteiger partial charge on any atom is 0.335 e. The zero-order valence-electron chi connectivity index (χ0n) is 12.6. The van der Waals surface area contributed by atoms with Crippen molar-refractivity contribution in [2.24, 2.45) is 0 Å². The summed E-state index contributed by atoms with van der Waals surface area (Å²) in [7, 11) is 0. The molecular formula is C19H14ClNO3. The topological polar surface area (TPSA) is 59.4 Å². The van der Waals surface area contributed by atoms with Crippen molar-refractivity contribution >= 4 is 17.6 Å². The van der Waals surface area contributed by atoms with E-state index in [0.29, 0.717) is 17.3 Å². The van der Waals surface area contributed by atoms with Gasteiger partial charge in [-0.1, -0.05) is 54.1 Å². The maximum absolute atomic E-state index is 11.4. The molecule has 5 heteroatoms. The molecule has 0 unspecified atom stereocenters. The molecule has 0 amide bonds. The van der Waals surface area contributed by atoms with Crippen LogP contribution in [-0.2, 0) is 6.61 Å². The van der Waals surface area contributed by atoms with Crippen LogP contribution in [0.1, 0.15) is 15.9 Å². The van der Waals surface area contributed by atoms with Gasteiger partial charge in [0.05, 0.1) is 11.3 Å². The molecule has 120 valence electrons. The van der Waals surface area contributed by atoms with Gasteiger partial charge in [-0.05, 0) is 23.8 Å². The van der Waals surface area contributed by atoms with Gasteiger partial charge in [-0.2, -0.15) is 0 Å². The van der Waals surface area contributed by atoms with Crippen molar-refractivity contribution < 1.29 is 14.6 Å². The summed E-state index contributed by atoms with van der Waals surface area (Å²) in [5, 5.41) is 9.91. The molecule has 24 heavy (non-hydrogen) atoms. The van der Waals surface area contributed by atoms with Crippen molar-refractivity contribution in [2.75, 3.05) is 0 Å². The van der Waals surface area contributed by atoms with Crippen LogP contribution >= 0.6 is 11.6 Å². The van der Waals surface area contributed by atoms with Crippen LogP contribution in [0.3, 0.4) is 0 Å². The van der Waals surface area contributed by atoms with Gasteiger partial charge in [-0.15, -0.1) is 0 Å². The third kappa shape index (κ3) is 3.91. The number of aromatic carboxylic acids is 1. The van der Waals surface area contributed by atoms with E-state index in [-0.39, 0.29) is 11.4 Å². The van der Waals surface area contributed by atoms with E-state index in [0.717, 1.165) is 11.1 Å². The number of benzene rings is 2. The lowest BCUT2D eigenvalue weighted by Crippen LogP contribution is -2.02. The zero-order chi connectivity index (χ0) is 16.9. The summed E-state index contributed by atoms with van der Waals surface area (Å²) in [6, 6.07) is 19.6. The van der Waals surface area contributed by atoms with Crippen LogP contribution < -0.4 is 4.74 Å². The number of rotatable bonds is 5. The van der Waals surface area contributed by atoms with Crippen LogP contribution in [0.2, 0.25) is 5.02 Å². The number of ether oxygens (including phenoxy) is 1. The highest BCUT2D eigenvalue weighted by Gasteiger charge is 2.11. The number of carboxylic acid groups (broad SMARTS) is 1. The molecule has 4 nitrogen and oxygen atoms in total. The SMILES string of the molecule is O=C(O)c1cc(OCc2ccccc2)nc(-c2ccc(Cl)cc2)c1. The van der Waals surface area contributed by atoms with E-state index in [1.165, 1.54) is 12.1 Å². The lowest BCUT2D eigenvalue weighted by Gasteiger charge is -2.09. The fourth-order valence-corrected chi connectivity index (χ4v) is 2.33. The minimum atomic E-state index is -1.03. The fourth-order valence-electron chi connectivity index (χ4n) is 2.20. The number of carbonyl (C=O) groups is 1. The van der Waals surface area contributed by atoms with Crippen molar-refractivity contribution in [1.82, 2.24) is 4.98 Å². The Labute approximate surface area is 144 Å². The van der Waals surface area contributed by atoms with E-state index in [4.69, 9.17) is 16.3 Å². The van der Waals surface area contributed by atoms with Crippen LogP contribution in [0, 0.1) is 0 Å². The van der Waals surface area contributed by atoms with Crippen LogP contribution in [0.15, 0.2) is 66.7 Å². The molecule has 0 aliphatic rings. The second kappa shape index (κ2) is 7.15. The fraction of sp³-hybridized carbons (Fsp3) is 0.0526. The molecule has 1 N–H and O–H groups in total. The quantitative estimate of drug-likeness (QED) is 0.733. The first-order valence-corrected chi connectivity index (χ1v) is 7.67. The molecule has 0 aliphatic heterocycles. The summed E-state index contributed by atoms with van der Waals surface area (Å²) in [4.78, 5) is 15.8. The number of aromatic nitrogens is 1. The minimum absolute atomic E-state index is 0.123. The number of halogens is 1. The lowest BCUT2D eigenvalue weighted by atomic mass is 10.1. The molecule has 1 aromatic heterocycles. The predicted molar refractivity (Wildman–Crippen MR) is 92.4 cm³/mol. The number of carboxylic acids is 1. The van der Waals surface area contributed by atoms with Crippen molar-refractivity contribution in [1.29, 1.82) is 0 Å². The molecule has 0 bridgehead atoms. The van der Waals surface area contributed by atoms with Crippen LogP contribution in [0.4, 0.5) is 0 Å². The molecule has 0 atom stereocenters. The molecule has 0 radical (unpaired) electrons. The van der Waals surface area contributed by atoms with E-state index in [1.54, 1.807) is 24.3 Å². The van der Waals surface area contributed by atoms with Crippen LogP contribution in [0.5, 0.6) is 5.88 Å². The van der Waals surface area contributed by atoms with E-state index >= 15 is 0 Å². The van der Waals surface area contributed by atoms with Gasteiger partial charge in [-0.25, -0.2) is 9.78 Å². The first-order valence-electron chi connectivity index (χ1n) is 7.30. The number of hydrogen-bond acceptors (Lipinski definition) is 3. The third-order valence-corrected chi connectivity index (χ3v) is 3.67. The Morgan fingerprint density at radius 2 is 1.75 bits per heavy atom. The van der Waals surface area contributed by atoms with Gasteiger partial charge < -0.3 is 9.84 Å². The smallest absolute Gasteiger partial charge is 0.335 e. The van der Waals surface area contributed by atoms with Gasteiger partial charge >= 0.3 is 5.97 Å². The van der Waals surface area contributed by atoms with Gasteiger partial charge in [-0.3, -0.25) is 0 Å². The molecule has 3 aromatic rings. The third-order valence-electron chi connectivity index (χ3n) is 3.42. The summed E-state index contributed by atoms with van der Waals surface area (Å²) in [6.07, 6.45) is 0. The predicted octanol–water partition coefficient (Wildman–Crippen LogP) is 4.68. The first-order chi connectivity index (χ1) is 11.6. The monoisotopic (exact) mass is 339 g/mol. The van der Waals surface area contributed by atoms with Gasteiger partial charge in [0.15, 0.2) is 0 Å². The summed E-state index contributed by atoms with van der Waals surface area (Å²) in [5.41, 5.74) is 2.40. The summed E-state index contributed by atoms with van der Waals surface area (Å²) < 4.78 is 5.67. The number of nitrogens with zero attached hydrogens (tertiary/aromatic N) is 1. The van der Waals surface area contributed by atoms with E-state index < -0.39 is 5.97 Å². The zero-order valence-corrected chi connectivity index (χ0v) is 13.4. The summed E-state index contributed by atoms with van der Waals surface area (Å²) in [5.74, 6) is -0.763. The van der Waals surface area contributed by atoms with Crippen LogP contribution in [0.25, 0.3) is 11.3 Å². The molecule has 0 fully saturated rings. The number of pyridine rings is 1. The molecular weight excluding hydrogens is 326 g/mol. The van der Waals surface area contributed by atoms with E-state index in [1.807, 2.05) is 30.3 Å². The average Bonchev–Trinajstić information content (AvgIpc) is 2.61. The Hall–Kier alpha value is -2.85. The summed E-state index contributed by atoms with van der Waals surface area (Å²) >= 11 is 5.89. The second-order valence-electron chi connectivity index (χ2n) is 5.17. The number of hydrogen-bond donors (Lipinski definition) is 1. The largest absolute Gasteiger partial charge is 0.478 e. The molecule has 3 rings (SSSR count). The van der Waals surface area contributed by atoms with E-state index in [9.17, 15) is 9.90 Å². The Bertz CT molecular complexity index is 848. The van der Waals surface area contributed by atoms with Crippen molar-refractivity contribution in [3.05, 3.63) is 82.9 Å². The Balaban J connectivity index is 1.91. The molecule has 1 heterocycles. The average molecular weight is 340 g/mol. The van der Waals surface area contributed by atoms with Crippen molar-refractivity contribution in [3.63, 3.8) is 0 Å². The first kappa shape index (κ1) is 16.0. The van der Waals surface area contributed by atoms with Crippen LogP contribution in [-0.4, -0.2) is 16.1 Å². The second-order valence-corrected chi connectivity index (χ2v) is 5.60. The standard InChI is InChI=1S/C19H14ClNO3/c20-16-8-6-14(7-9-16)17-10-15(19(22)23)11-18(21-17)24-12-13-4-2-1-3-5-13/h1-11H,12H2,(H,22,23). The molecule has 0 spiro atoms. The van der Waals surface area contributed by atoms with Gasteiger partial charge in [0, 0.05) is 16.7 Å². The summed E-state index contributed by atoms with van der Waals surface area (Å²) in [6.45, 7) is 0.316. The molecule has 0 saturated heterocycles. The molecule has 0 aliphatic carbocycles. The van der Waals surface area contributed by atoms with Crippen molar-refractivity contribution in [3.8, 4) is 17.1 Å².